The minimum absolute atomic E-state index is 0.291. The van der Waals surface area contributed by atoms with Crippen molar-refractivity contribution >= 4 is 0 Å². The average Bonchev–Trinajstić information content (AvgIpc) is 2.71. The number of methoxy groups -OCH3 is 1. The maximum absolute atomic E-state index is 5.19. The number of nitrogens with one attached hydrogen (secondary N) is 2. The molecule has 0 spiro atoms. The van der Waals surface area contributed by atoms with Crippen LogP contribution in [0.5, 0.6) is 0 Å². The zero-order valence-electron chi connectivity index (χ0n) is 9.79. The van der Waals surface area contributed by atoms with Gasteiger partial charge in [-0.1, -0.05) is 13.3 Å². The van der Waals surface area contributed by atoms with Crippen molar-refractivity contribution in [2.24, 2.45) is 0 Å². The SMILES string of the molecule is CCCC(COC)NC(C)c1ccn[nH]1. The van der Waals surface area contributed by atoms with Gasteiger partial charge in [-0.2, -0.15) is 5.10 Å². The Bertz CT molecular complexity index is 242. The molecule has 0 bridgehead atoms. The van der Waals surface area contributed by atoms with Gasteiger partial charge in [0.15, 0.2) is 0 Å². The summed E-state index contributed by atoms with van der Waals surface area (Å²) in [5.74, 6) is 0. The number of nitrogens with zero attached hydrogens (tertiary/aromatic N) is 1. The van der Waals surface area contributed by atoms with Crippen molar-refractivity contribution in [3.63, 3.8) is 0 Å². The molecule has 4 nitrogen and oxygen atoms in total. The lowest BCUT2D eigenvalue weighted by Crippen LogP contribution is -2.35. The molecule has 0 fully saturated rings. The van der Waals surface area contributed by atoms with Gasteiger partial charge in [-0.05, 0) is 19.4 Å². The van der Waals surface area contributed by atoms with Gasteiger partial charge in [-0.15, -0.1) is 0 Å². The molecule has 86 valence electrons. The van der Waals surface area contributed by atoms with Crippen molar-refractivity contribution in [1.29, 1.82) is 0 Å². The van der Waals surface area contributed by atoms with E-state index < -0.39 is 0 Å². The predicted molar refractivity (Wildman–Crippen MR) is 60.7 cm³/mol. The summed E-state index contributed by atoms with van der Waals surface area (Å²) in [6.45, 7) is 5.07. The van der Waals surface area contributed by atoms with Gasteiger partial charge in [0.2, 0.25) is 0 Å². The number of aromatic amines is 1. The molecule has 15 heavy (non-hydrogen) atoms. The van der Waals surface area contributed by atoms with Gasteiger partial charge in [0.1, 0.15) is 0 Å². The van der Waals surface area contributed by atoms with Crippen molar-refractivity contribution in [3.05, 3.63) is 18.0 Å². The number of rotatable bonds is 7. The van der Waals surface area contributed by atoms with E-state index in [4.69, 9.17) is 4.74 Å². The molecule has 2 unspecified atom stereocenters. The lowest BCUT2D eigenvalue weighted by Gasteiger charge is -2.21. The molecule has 0 aromatic carbocycles. The molecule has 0 aliphatic rings. The monoisotopic (exact) mass is 211 g/mol. The largest absolute Gasteiger partial charge is 0.383 e. The van der Waals surface area contributed by atoms with Gasteiger partial charge >= 0.3 is 0 Å². The molecule has 1 heterocycles. The number of hydrogen-bond acceptors (Lipinski definition) is 3. The highest BCUT2D eigenvalue weighted by atomic mass is 16.5. The first kappa shape index (κ1) is 12.2. The van der Waals surface area contributed by atoms with Gasteiger partial charge in [-0.3, -0.25) is 5.10 Å². The van der Waals surface area contributed by atoms with Crippen molar-refractivity contribution in [2.45, 2.75) is 38.8 Å². The Labute approximate surface area is 91.4 Å². The first-order valence-corrected chi connectivity index (χ1v) is 5.52. The standard InChI is InChI=1S/C11H21N3O/c1-4-5-10(8-15-3)13-9(2)11-6-7-12-14-11/h6-7,9-10,13H,4-5,8H2,1-3H3,(H,12,14). The van der Waals surface area contributed by atoms with E-state index in [-0.39, 0.29) is 0 Å². The third-order valence-corrected chi connectivity index (χ3v) is 2.48. The molecule has 0 aliphatic carbocycles. The Morgan fingerprint density at radius 3 is 2.93 bits per heavy atom. The van der Waals surface area contributed by atoms with Crippen molar-refractivity contribution in [3.8, 4) is 0 Å². The second-order valence-corrected chi connectivity index (χ2v) is 3.84. The van der Waals surface area contributed by atoms with Gasteiger partial charge < -0.3 is 10.1 Å². The van der Waals surface area contributed by atoms with Crippen molar-refractivity contribution < 1.29 is 4.74 Å². The Kier molecular flexibility index (Phi) is 5.36. The maximum Gasteiger partial charge on any atom is 0.0616 e. The minimum Gasteiger partial charge on any atom is -0.383 e. The number of aromatic nitrogens is 2. The quantitative estimate of drug-likeness (QED) is 0.724. The summed E-state index contributed by atoms with van der Waals surface area (Å²) in [5.41, 5.74) is 1.12. The number of H-pyrrole nitrogens is 1. The van der Waals surface area contributed by atoms with Crippen molar-refractivity contribution in [1.82, 2.24) is 15.5 Å². The second kappa shape index (κ2) is 6.58. The third kappa shape index (κ3) is 4.01. The molecule has 0 amide bonds. The number of hydrogen-bond donors (Lipinski definition) is 2. The topological polar surface area (TPSA) is 49.9 Å². The van der Waals surface area contributed by atoms with Crippen LogP contribution in [-0.4, -0.2) is 30.0 Å². The molecular weight excluding hydrogens is 190 g/mol. The summed E-state index contributed by atoms with van der Waals surface area (Å²) in [7, 11) is 1.74. The highest BCUT2D eigenvalue weighted by Crippen LogP contribution is 2.10. The lowest BCUT2D eigenvalue weighted by molar-refractivity contribution is 0.156. The average molecular weight is 211 g/mol. The van der Waals surface area contributed by atoms with E-state index in [2.05, 4.69) is 29.4 Å². The molecule has 0 saturated carbocycles. The van der Waals surface area contributed by atoms with Crippen LogP contribution < -0.4 is 5.32 Å². The fourth-order valence-corrected chi connectivity index (χ4v) is 1.72. The molecule has 0 radical (unpaired) electrons. The summed E-state index contributed by atoms with van der Waals surface area (Å²) in [4.78, 5) is 0. The Morgan fingerprint density at radius 1 is 1.60 bits per heavy atom. The van der Waals surface area contributed by atoms with E-state index in [1.807, 2.05) is 6.07 Å². The van der Waals surface area contributed by atoms with Crippen LogP contribution in [0, 0.1) is 0 Å². The molecule has 0 saturated heterocycles. The van der Waals surface area contributed by atoms with Crippen LogP contribution >= 0.6 is 0 Å². The normalized spacial score (nSPS) is 15.1. The van der Waals surface area contributed by atoms with Crippen LogP contribution in [-0.2, 0) is 4.74 Å². The summed E-state index contributed by atoms with van der Waals surface area (Å²) in [6.07, 6.45) is 4.07. The highest BCUT2D eigenvalue weighted by molar-refractivity contribution is 5.03. The summed E-state index contributed by atoms with van der Waals surface area (Å²) in [5, 5.41) is 10.4. The predicted octanol–water partition coefficient (Wildman–Crippen LogP) is 1.88. The molecule has 2 atom stereocenters. The zero-order valence-corrected chi connectivity index (χ0v) is 9.79. The van der Waals surface area contributed by atoms with E-state index in [0.717, 1.165) is 25.1 Å². The van der Waals surface area contributed by atoms with Crippen LogP contribution in [0.4, 0.5) is 0 Å². The summed E-state index contributed by atoms with van der Waals surface area (Å²) < 4.78 is 5.19. The molecule has 1 aromatic rings. The van der Waals surface area contributed by atoms with E-state index in [1.165, 1.54) is 0 Å². The van der Waals surface area contributed by atoms with Crippen LogP contribution in [0.15, 0.2) is 12.3 Å². The summed E-state index contributed by atoms with van der Waals surface area (Å²) >= 11 is 0. The molecule has 4 heteroatoms. The van der Waals surface area contributed by atoms with Crippen LogP contribution in [0.25, 0.3) is 0 Å². The Balaban J connectivity index is 2.43. The third-order valence-electron chi connectivity index (χ3n) is 2.48. The molecule has 1 rings (SSSR count). The molecule has 1 aromatic heterocycles. The first-order chi connectivity index (χ1) is 7.27. The summed E-state index contributed by atoms with van der Waals surface area (Å²) in [6, 6.07) is 2.70. The van der Waals surface area contributed by atoms with Crippen LogP contribution in [0.2, 0.25) is 0 Å². The van der Waals surface area contributed by atoms with E-state index in [0.29, 0.717) is 12.1 Å². The smallest absolute Gasteiger partial charge is 0.0616 e. The van der Waals surface area contributed by atoms with Gasteiger partial charge in [0.25, 0.3) is 0 Å². The zero-order chi connectivity index (χ0) is 11.1. The fraction of sp³-hybridized carbons (Fsp3) is 0.727. The van der Waals surface area contributed by atoms with Gasteiger partial charge in [0, 0.05) is 25.4 Å². The molecule has 2 N–H and O–H groups in total. The van der Waals surface area contributed by atoms with Gasteiger partial charge in [0.05, 0.1) is 12.3 Å². The van der Waals surface area contributed by atoms with Crippen LogP contribution in [0.1, 0.15) is 38.4 Å². The maximum atomic E-state index is 5.19. The molecular formula is C11H21N3O. The second-order valence-electron chi connectivity index (χ2n) is 3.84. The van der Waals surface area contributed by atoms with E-state index >= 15 is 0 Å². The highest BCUT2D eigenvalue weighted by Gasteiger charge is 2.13. The number of ether oxygens (including phenoxy) is 1. The van der Waals surface area contributed by atoms with Gasteiger partial charge in [-0.25, -0.2) is 0 Å². The fourth-order valence-electron chi connectivity index (χ4n) is 1.72. The van der Waals surface area contributed by atoms with E-state index in [1.54, 1.807) is 13.3 Å². The Morgan fingerprint density at radius 2 is 2.40 bits per heavy atom. The van der Waals surface area contributed by atoms with Crippen molar-refractivity contribution in [2.75, 3.05) is 13.7 Å². The minimum atomic E-state index is 0.291. The first-order valence-electron chi connectivity index (χ1n) is 5.52. The Hall–Kier alpha value is -0.870. The molecule has 0 aliphatic heterocycles. The van der Waals surface area contributed by atoms with Crippen LogP contribution in [0.3, 0.4) is 0 Å². The lowest BCUT2D eigenvalue weighted by atomic mass is 10.1. The van der Waals surface area contributed by atoms with E-state index in [9.17, 15) is 0 Å².